The molecule has 1 N–H and O–H groups in total. The minimum atomic E-state index is -0.294. The van der Waals surface area contributed by atoms with Crippen LogP contribution < -0.4 is 10.1 Å². The lowest BCUT2D eigenvalue weighted by molar-refractivity contribution is -0.122. The highest BCUT2D eigenvalue weighted by Gasteiger charge is 2.34. The van der Waals surface area contributed by atoms with Gasteiger partial charge in [0.2, 0.25) is 0 Å². The predicted octanol–water partition coefficient (Wildman–Crippen LogP) is 4.11. The highest BCUT2D eigenvalue weighted by molar-refractivity contribution is 8.18. The van der Waals surface area contributed by atoms with Gasteiger partial charge in [-0.05, 0) is 42.5 Å². The highest BCUT2D eigenvalue weighted by Crippen LogP contribution is 2.32. The molecule has 0 aliphatic carbocycles. The number of nitrogens with zero attached hydrogens (tertiary/aromatic N) is 1. The van der Waals surface area contributed by atoms with Gasteiger partial charge in [-0.1, -0.05) is 42.0 Å². The van der Waals surface area contributed by atoms with Crippen molar-refractivity contribution in [3.63, 3.8) is 0 Å². The summed E-state index contributed by atoms with van der Waals surface area (Å²) < 4.78 is 5.26. The van der Waals surface area contributed by atoms with Crippen molar-refractivity contribution in [2.45, 2.75) is 6.92 Å². The van der Waals surface area contributed by atoms with Crippen LogP contribution in [0, 0.1) is 6.92 Å². The third-order valence-electron chi connectivity index (χ3n) is 3.78. The third kappa shape index (κ3) is 3.85. The van der Waals surface area contributed by atoms with Gasteiger partial charge in [-0.3, -0.25) is 14.5 Å². The van der Waals surface area contributed by atoms with Gasteiger partial charge in [0.1, 0.15) is 5.75 Å². The molecule has 1 aliphatic heterocycles. The number of carbonyl (C=O) groups excluding carboxylic acids is 2. The van der Waals surface area contributed by atoms with Gasteiger partial charge < -0.3 is 10.1 Å². The molecule has 0 unspecified atom stereocenters. The molecule has 6 heteroatoms. The Kier molecular flexibility index (Phi) is 5.09. The highest BCUT2D eigenvalue weighted by atomic mass is 32.2. The fourth-order valence-electron chi connectivity index (χ4n) is 2.41. The number of hydrogen-bond acceptors (Lipinski definition) is 5. The fraction of sp³-hybridized carbons (Fsp3) is 0.158. The number of imide groups is 1. The molecule has 5 nitrogen and oxygen atoms in total. The van der Waals surface area contributed by atoms with E-state index in [1.165, 1.54) is 4.90 Å². The number of rotatable bonds is 5. The van der Waals surface area contributed by atoms with Crippen LogP contribution in [0.25, 0.3) is 6.08 Å². The minimum absolute atomic E-state index is 0.0935. The number of anilines is 1. The van der Waals surface area contributed by atoms with Crippen LogP contribution in [0.15, 0.2) is 53.4 Å². The molecule has 2 amide bonds. The summed E-state index contributed by atoms with van der Waals surface area (Å²) in [4.78, 5) is 26.3. The van der Waals surface area contributed by atoms with E-state index in [0.29, 0.717) is 10.7 Å². The number of amides is 2. The minimum Gasteiger partial charge on any atom is -0.495 e. The number of nitrogens with one attached hydrogen (secondary N) is 1. The van der Waals surface area contributed by atoms with Gasteiger partial charge in [0.05, 0.1) is 24.4 Å². The van der Waals surface area contributed by atoms with E-state index in [2.05, 4.69) is 5.32 Å². The van der Waals surface area contributed by atoms with Crippen LogP contribution in [-0.4, -0.2) is 29.8 Å². The van der Waals surface area contributed by atoms with Crippen LogP contribution in [0.1, 0.15) is 11.1 Å². The summed E-state index contributed by atoms with van der Waals surface area (Å²) in [6.45, 7) is 2.09. The van der Waals surface area contributed by atoms with Crippen LogP contribution in [0.3, 0.4) is 0 Å². The summed E-state index contributed by atoms with van der Waals surface area (Å²) >= 11 is 0.953. The van der Waals surface area contributed by atoms with Crippen molar-refractivity contribution in [1.82, 2.24) is 4.90 Å². The average Bonchev–Trinajstić information content (AvgIpc) is 2.89. The van der Waals surface area contributed by atoms with Crippen molar-refractivity contribution in [3.05, 3.63) is 64.6 Å². The molecule has 3 rings (SSSR count). The van der Waals surface area contributed by atoms with E-state index < -0.39 is 0 Å². The van der Waals surface area contributed by atoms with Gasteiger partial charge in [-0.2, -0.15) is 0 Å². The maximum Gasteiger partial charge on any atom is 0.295 e. The second-order valence-electron chi connectivity index (χ2n) is 5.56. The first-order valence-electron chi connectivity index (χ1n) is 7.77. The van der Waals surface area contributed by atoms with Crippen molar-refractivity contribution >= 4 is 34.7 Å². The first-order valence-corrected chi connectivity index (χ1v) is 8.59. The smallest absolute Gasteiger partial charge is 0.295 e. The van der Waals surface area contributed by atoms with Crippen molar-refractivity contribution in [1.29, 1.82) is 0 Å². The summed E-state index contributed by atoms with van der Waals surface area (Å²) in [6.07, 6.45) is 1.74. The standard InChI is InChI=1S/C19H18N2O3S/c1-13-7-9-14(10-8-13)11-17-18(22)21(19(23)25-17)12-20-15-5-3-4-6-16(15)24-2/h3-11,20H,12H2,1-2H3/b17-11-. The molecule has 1 saturated heterocycles. The normalized spacial score (nSPS) is 15.8. The Labute approximate surface area is 150 Å². The lowest BCUT2D eigenvalue weighted by Crippen LogP contribution is -2.33. The van der Waals surface area contributed by atoms with E-state index in [1.807, 2.05) is 55.5 Å². The van der Waals surface area contributed by atoms with Gasteiger partial charge >= 0.3 is 0 Å². The molecule has 0 spiro atoms. The SMILES string of the molecule is COc1ccccc1NCN1C(=O)S/C(=C\c2ccc(C)cc2)C1=O. The lowest BCUT2D eigenvalue weighted by atomic mass is 10.1. The summed E-state index contributed by atoms with van der Waals surface area (Å²) in [6, 6.07) is 15.2. The predicted molar refractivity (Wildman–Crippen MR) is 100 cm³/mol. The molecule has 0 saturated carbocycles. The molecule has 2 aromatic rings. The number of aryl methyl sites for hydroxylation is 1. The molecule has 2 aromatic carbocycles. The van der Waals surface area contributed by atoms with Crippen molar-refractivity contribution in [2.24, 2.45) is 0 Å². The number of hydrogen-bond donors (Lipinski definition) is 1. The maximum atomic E-state index is 12.5. The van der Waals surface area contributed by atoms with Crippen LogP contribution in [0.5, 0.6) is 5.75 Å². The molecule has 1 fully saturated rings. The summed E-state index contributed by atoms with van der Waals surface area (Å²) in [7, 11) is 1.57. The van der Waals surface area contributed by atoms with E-state index in [1.54, 1.807) is 13.2 Å². The van der Waals surface area contributed by atoms with Crippen LogP contribution in [0.4, 0.5) is 10.5 Å². The first-order chi connectivity index (χ1) is 12.1. The number of para-hydroxylation sites is 2. The Bertz CT molecular complexity index is 831. The Hall–Kier alpha value is -2.73. The van der Waals surface area contributed by atoms with E-state index in [0.717, 1.165) is 28.6 Å². The monoisotopic (exact) mass is 354 g/mol. The van der Waals surface area contributed by atoms with Gasteiger partial charge in [0, 0.05) is 0 Å². The van der Waals surface area contributed by atoms with Crippen molar-refractivity contribution in [2.75, 3.05) is 19.1 Å². The number of benzene rings is 2. The molecule has 0 bridgehead atoms. The number of thioether (sulfide) groups is 1. The molecule has 25 heavy (non-hydrogen) atoms. The molecular weight excluding hydrogens is 336 g/mol. The zero-order valence-corrected chi connectivity index (χ0v) is 14.8. The van der Waals surface area contributed by atoms with E-state index in [4.69, 9.17) is 4.74 Å². The molecular formula is C19H18N2O3S. The van der Waals surface area contributed by atoms with Crippen LogP contribution >= 0.6 is 11.8 Å². The number of methoxy groups -OCH3 is 1. The van der Waals surface area contributed by atoms with E-state index >= 15 is 0 Å². The third-order valence-corrected chi connectivity index (χ3v) is 4.69. The fourth-order valence-corrected chi connectivity index (χ4v) is 3.24. The van der Waals surface area contributed by atoms with Gasteiger partial charge in [-0.15, -0.1) is 0 Å². The summed E-state index contributed by atoms with van der Waals surface area (Å²) in [5.41, 5.74) is 2.77. The van der Waals surface area contributed by atoms with Gasteiger partial charge in [0.25, 0.3) is 11.1 Å². The quantitative estimate of drug-likeness (QED) is 0.819. The van der Waals surface area contributed by atoms with E-state index in [-0.39, 0.29) is 17.8 Å². The summed E-state index contributed by atoms with van der Waals surface area (Å²) in [5.74, 6) is 0.364. The molecule has 1 aliphatic rings. The average molecular weight is 354 g/mol. The lowest BCUT2D eigenvalue weighted by Gasteiger charge is -2.16. The van der Waals surface area contributed by atoms with Crippen molar-refractivity contribution < 1.29 is 14.3 Å². The van der Waals surface area contributed by atoms with Gasteiger partial charge in [0.15, 0.2) is 0 Å². The largest absolute Gasteiger partial charge is 0.495 e. The molecule has 0 radical (unpaired) electrons. The second-order valence-corrected chi connectivity index (χ2v) is 6.55. The van der Waals surface area contributed by atoms with Crippen molar-refractivity contribution in [3.8, 4) is 5.75 Å². The molecule has 128 valence electrons. The van der Waals surface area contributed by atoms with Crippen LogP contribution in [-0.2, 0) is 4.79 Å². The topological polar surface area (TPSA) is 58.6 Å². The number of ether oxygens (including phenoxy) is 1. The van der Waals surface area contributed by atoms with E-state index in [9.17, 15) is 9.59 Å². The maximum absolute atomic E-state index is 12.5. The number of carbonyl (C=O) groups is 2. The Morgan fingerprint density at radius 2 is 1.84 bits per heavy atom. The molecule has 1 heterocycles. The van der Waals surface area contributed by atoms with Crippen LogP contribution in [0.2, 0.25) is 0 Å². The zero-order valence-electron chi connectivity index (χ0n) is 14.0. The Morgan fingerprint density at radius 3 is 2.56 bits per heavy atom. The summed E-state index contributed by atoms with van der Waals surface area (Å²) in [5, 5.41) is 2.79. The Morgan fingerprint density at radius 1 is 1.12 bits per heavy atom. The second kappa shape index (κ2) is 7.44. The molecule has 0 atom stereocenters. The molecule has 0 aromatic heterocycles. The first kappa shape index (κ1) is 17.1. The van der Waals surface area contributed by atoms with Gasteiger partial charge in [-0.25, -0.2) is 0 Å². The zero-order chi connectivity index (χ0) is 17.8. The Balaban J connectivity index is 1.72.